The van der Waals surface area contributed by atoms with E-state index in [9.17, 15) is 4.79 Å². The summed E-state index contributed by atoms with van der Waals surface area (Å²) in [5, 5.41) is 3.06. The number of nitrogens with zero attached hydrogens (tertiary/aromatic N) is 1. The molecule has 122 valence electrons. The van der Waals surface area contributed by atoms with Crippen molar-refractivity contribution < 1.29 is 4.79 Å². The zero-order chi connectivity index (χ0) is 15.9. The molecule has 0 spiro atoms. The van der Waals surface area contributed by atoms with Gasteiger partial charge < -0.3 is 11.1 Å². The highest BCUT2D eigenvalue weighted by atomic mass is 16.1. The van der Waals surface area contributed by atoms with Crippen LogP contribution >= 0.6 is 0 Å². The zero-order valence-electron chi connectivity index (χ0n) is 13.8. The van der Waals surface area contributed by atoms with Crippen LogP contribution in [0.3, 0.4) is 0 Å². The highest BCUT2D eigenvalue weighted by molar-refractivity contribution is 5.94. The third-order valence-electron chi connectivity index (χ3n) is 4.17. The van der Waals surface area contributed by atoms with E-state index >= 15 is 0 Å². The fourth-order valence-electron chi connectivity index (χ4n) is 3.06. The summed E-state index contributed by atoms with van der Waals surface area (Å²) in [6, 6.07) is 8.02. The van der Waals surface area contributed by atoms with Crippen molar-refractivity contribution in [2.45, 2.75) is 45.7 Å². The monoisotopic (exact) mass is 303 g/mol. The number of hydrogen-bond acceptors (Lipinski definition) is 3. The SMILES string of the molecule is CC(C)CC(CN)NC(=O)c1cccc(CN2CCCC2)c1. The molecule has 2 rings (SSSR count). The quantitative estimate of drug-likeness (QED) is 0.813. The van der Waals surface area contributed by atoms with Crippen LogP contribution in [0.25, 0.3) is 0 Å². The minimum atomic E-state index is -0.0145. The number of hydrogen-bond donors (Lipinski definition) is 2. The van der Waals surface area contributed by atoms with E-state index in [0.29, 0.717) is 12.5 Å². The maximum Gasteiger partial charge on any atom is 0.251 e. The van der Waals surface area contributed by atoms with Crippen LogP contribution in [-0.2, 0) is 6.54 Å². The summed E-state index contributed by atoms with van der Waals surface area (Å²) < 4.78 is 0. The molecule has 0 saturated carbocycles. The number of benzene rings is 1. The van der Waals surface area contributed by atoms with Gasteiger partial charge >= 0.3 is 0 Å². The molecule has 1 aromatic rings. The summed E-state index contributed by atoms with van der Waals surface area (Å²) in [5.41, 5.74) is 7.71. The molecule has 0 bridgehead atoms. The minimum Gasteiger partial charge on any atom is -0.348 e. The van der Waals surface area contributed by atoms with Gasteiger partial charge in [0.1, 0.15) is 0 Å². The number of carbonyl (C=O) groups is 1. The molecular weight excluding hydrogens is 274 g/mol. The molecule has 1 aliphatic rings. The summed E-state index contributed by atoms with van der Waals surface area (Å²) in [6.45, 7) is 8.04. The molecule has 1 amide bonds. The lowest BCUT2D eigenvalue weighted by molar-refractivity contribution is 0.0933. The fraction of sp³-hybridized carbons (Fsp3) is 0.611. The number of amides is 1. The van der Waals surface area contributed by atoms with Gasteiger partial charge in [0.05, 0.1) is 0 Å². The summed E-state index contributed by atoms with van der Waals surface area (Å²) in [6.07, 6.45) is 3.48. The van der Waals surface area contributed by atoms with Crippen LogP contribution in [0, 0.1) is 5.92 Å². The first-order chi connectivity index (χ1) is 10.6. The van der Waals surface area contributed by atoms with E-state index in [0.717, 1.165) is 18.5 Å². The summed E-state index contributed by atoms with van der Waals surface area (Å²) in [7, 11) is 0. The standard InChI is InChI=1S/C18H29N3O/c1-14(2)10-17(12-19)20-18(22)16-7-5-6-15(11-16)13-21-8-3-4-9-21/h5-7,11,14,17H,3-4,8-10,12-13,19H2,1-2H3,(H,20,22). The topological polar surface area (TPSA) is 58.4 Å². The average molecular weight is 303 g/mol. The van der Waals surface area contributed by atoms with Gasteiger partial charge in [0, 0.05) is 24.7 Å². The van der Waals surface area contributed by atoms with Crippen LogP contribution in [0.1, 0.15) is 49.0 Å². The Kier molecular flexibility index (Phi) is 6.40. The Morgan fingerprint density at radius 1 is 1.32 bits per heavy atom. The Bertz CT molecular complexity index is 481. The van der Waals surface area contributed by atoms with Crippen molar-refractivity contribution in [1.29, 1.82) is 0 Å². The molecule has 0 radical (unpaired) electrons. The van der Waals surface area contributed by atoms with Crippen molar-refractivity contribution >= 4 is 5.91 Å². The van der Waals surface area contributed by atoms with Gasteiger partial charge in [-0.15, -0.1) is 0 Å². The van der Waals surface area contributed by atoms with Gasteiger partial charge in [-0.05, 0) is 56.0 Å². The number of nitrogens with two attached hydrogens (primary N) is 1. The maximum absolute atomic E-state index is 12.4. The van der Waals surface area contributed by atoms with E-state index in [2.05, 4.69) is 30.1 Å². The van der Waals surface area contributed by atoms with Crippen LogP contribution in [0.4, 0.5) is 0 Å². The number of rotatable bonds is 7. The normalized spacial score (nSPS) is 16.9. The first-order valence-electron chi connectivity index (χ1n) is 8.40. The van der Waals surface area contributed by atoms with E-state index in [-0.39, 0.29) is 11.9 Å². The third kappa shape index (κ3) is 5.11. The van der Waals surface area contributed by atoms with Crippen molar-refractivity contribution in [1.82, 2.24) is 10.2 Å². The molecule has 1 aliphatic heterocycles. The highest BCUT2D eigenvalue weighted by Gasteiger charge is 2.15. The molecule has 4 nitrogen and oxygen atoms in total. The zero-order valence-corrected chi connectivity index (χ0v) is 13.8. The number of carbonyl (C=O) groups excluding carboxylic acids is 1. The Balaban J connectivity index is 1.96. The van der Waals surface area contributed by atoms with Gasteiger partial charge in [0.25, 0.3) is 5.91 Å². The van der Waals surface area contributed by atoms with E-state index in [1.54, 1.807) is 0 Å². The van der Waals surface area contributed by atoms with Gasteiger partial charge in [0.15, 0.2) is 0 Å². The molecule has 3 N–H and O–H groups in total. The van der Waals surface area contributed by atoms with Gasteiger partial charge in [-0.3, -0.25) is 9.69 Å². The number of nitrogens with one attached hydrogen (secondary N) is 1. The van der Waals surface area contributed by atoms with Crippen LogP contribution in [0.5, 0.6) is 0 Å². The molecule has 1 unspecified atom stereocenters. The average Bonchev–Trinajstić information content (AvgIpc) is 2.99. The van der Waals surface area contributed by atoms with Crippen LogP contribution in [-0.4, -0.2) is 36.5 Å². The Morgan fingerprint density at radius 3 is 2.68 bits per heavy atom. The van der Waals surface area contributed by atoms with Gasteiger partial charge in [-0.25, -0.2) is 0 Å². The summed E-state index contributed by atoms with van der Waals surface area (Å²) in [4.78, 5) is 14.8. The summed E-state index contributed by atoms with van der Waals surface area (Å²) >= 11 is 0. The van der Waals surface area contributed by atoms with Crippen molar-refractivity contribution in [2.24, 2.45) is 11.7 Å². The molecule has 1 heterocycles. The van der Waals surface area contributed by atoms with E-state index in [1.165, 1.54) is 31.5 Å². The Morgan fingerprint density at radius 2 is 2.05 bits per heavy atom. The Labute approximate surface area is 134 Å². The molecule has 1 aromatic carbocycles. The van der Waals surface area contributed by atoms with E-state index in [1.807, 2.05) is 18.2 Å². The van der Waals surface area contributed by atoms with Crippen LogP contribution < -0.4 is 11.1 Å². The lowest BCUT2D eigenvalue weighted by Gasteiger charge is -2.19. The molecule has 4 heteroatoms. The summed E-state index contributed by atoms with van der Waals surface area (Å²) in [5.74, 6) is 0.509. The lowest BCUT2D eigenvalue weighted by atomic mass is 10.0. The molecule has 0 aromatic heterocycles. The van der Waals surface area contributed by atoms with E-state index < -0.39 is 0 Å². The molecular formula is C18H29N3O. The van der Waals surface area contributed by atoms with Gasteiger partial charge in [-0.2, -0.15) is 0 Å². The largest absolute Gasteiger partial charge is 0.348 e. The molecule has 0 aliphatic carbocycles. The predicted octanol–water partition coefficient (Wildman–Crippen LogP) is 2.39. The first-order valence-corrected chi connectivity index (χ1v) is 8.40. The second-order valence-electron chi connectivity index (χ2n) is 6.72. The smallest absolute Gasteiger partial charge is 0.251 e. The second kappa shape index (κ2) is 8.30. The highest BCUT2D eigenvalue weighted by Crippen LogP contribution is 2.14. The van der Waals surface area contributed by atoms with Crippen LogP contribution in [0.2, 0.25) is 0 Å². The third-order valence-corrected chi connectivity index (χ3v) is 4.17. The lowest BCUT2D eigenvalue weighted by Crippen LogP contribution is -2.41. The van der Waals surface area contributed by atoms with Crippen molar-refractivity contribution in [2.75, 3.05) is 19.6 Å². The van der Waals surface area contributed by atoms with Gasteiger partial charge in [0.2, 0.25) is 0 Å². The fourth-order valence-corrected chi connectivity index (χ4v) is 3.06. The van der Waals surface area contributed by atoms with Crippen LogP contribution in [0.15, 0.2) is 24.3 Å². The molecule has 1 atom stereocenters. The number of likely N-dealkylation sites (tertiary alicyclic amines) is 1. The first kappa shape index (κ1) is 17.0. The van der Waals surface area contributed by atoms with Crippen molar-refractivity contribution in [3.8, 4) is 0 Å². The maximum atomic E-state index is 12.4. The second-order valence-corrected chi connectivity index (χ2v) is 6.72. The van der Waals surface area contributed by atoms with E-state index in [4.69, 9.17) is 5.73 Å². The predicted molar refractivity (Wildman–Crippen MR) is 90.7 cm³/mol. The van der Waals surface area contributed by atoms with Crippen molar-refractivity contribution in [3.63, 3.8) is 0 Å². The minimum absolute atomic E-state index is 0.0145. The molecule has 1 fully saturated rings. The Hall–Kier alpha value is -1.39. The molecule has 1 saturated heterocycles. The molecule has 22 heavy (non-hydrogen) atoms. The van der Waals surface area contributed by atoms with Gasteiger partial charge in [-0.1, -0.05) is 26.0 Å². The van der Waals surface area contributed by atoms with Crippen molar-refractivity contribution in [3.05, 3.63) is 35.4 Å².